The van der Waals surface area contributed by atoms with Gasteiger partial charge in [0.15, 0.2) is 0 Å². The lowest BCUT2D eigenvalue weighted by Crippen LogP contribution is -2.60. The number of hydrogen-bond acceptors (Lipinski definition) is 2. The molecule has 0 saturated heterocycles. The van der Waals surface area contributed by atoms with E-state index in [1.54, 1.807) is 0 Å². The van der Waals surface area contributed by atoms with Crippen LogP contribution in [0.15, 0.2) is 24.3 Å². The highest BCUT2D eigenvalue weighted by atomic mass is 16.2. The largest absolute Gasteiger partial charge is 0.350 e. The fraction of sp³-hybridized carbons (Fsp3) is 0.696. The van der Waals surface area contributed by atoms with Crippen LogP contribution in [0.25, 0.3) is 0 Å². The molecule has 140 valence electrons. The second kappa shape index (κ2) is 6.37. The molecular formula is C23H32N2O. The number of nitrogens with zero attached hydrogens (tertiary/aromatic N) is 1. The summed E-state index contributed by atoms with van der Waals surface area (Å²) >= 11 is 0. The average molecular weight is 353 g/mol. The van der Waals surface area contributed by atoms with Gasteiger partial charge in [-0.2, -0.15) is 0 Å². The molecule has 3 nitrogen and oxygen atoms in total. The Kier molecular flexibility index (Phi) is 4.11. The van der Waals surface area contributed by atoms with E-state index in [9.17, 15) is 4.79 Å². The van der Waals surface area contributed by atoms with Gasteiger partial charge in [-0.25, -0.2) is 0 Å². The fourth-order valence-electron chi connectivity index (χ4n) is 7.12. The molecule has 0 radical (unpaired) electrons. The molecule has 1 N–H and O–H groups in total. The van der Waals surface area contributed by atoms with Gasteiger partial charge in [0.2, 0.25) is 5.91 Å². The number of benzene rings is 1. The first-order chi connectivity index (χ1) is 12.6. The molecule has 1 atom stereocenters. The number of carbonyl (C=O) groups is 1. The second-order valence-corrected chi connectivity index (χ2v) is 9.77. The Morgan fingerprint density at radius 2 is 1.77 bits per heavy atom. The van der Waals surface area contributed by atoms with E-state index in [2.05, 4.69) is 41.5 Å². The van der Waals surface area contributed by atoms with Gasteiger partial charge in [0, 0.05) is 11.6 Å². The molecule has 1 aromatic rings. The van der Waals surface area contributed by atoms with Gasteiger partial charge in [0.1, 0.15) is 0 Å². The van der Waals surface area contributed by atoms with Crippen LogP contribution in [0.4, 0.5) is 0 Å². The van der Waals surface area contributed by atoms with Crippen LogP contribution in [0.2, 0.25) is 0 Å². The molecule has 3 heteroatoms. The minimum absolute atomic E-state index is 0.136. The van der Waals surface area contributed by atoms with Crippen LogP contribution >= 0.6 is 0 Å². The monoisotopic (exact) mass is 352 g/mol. The van der Waals surface area contributed by atoms with E-state index >= 15 is 0 Å². The molecule has 4 saturated carbocycles. The van der Waals surface area contributed by atoms with E-state index in [-0.39, 0.29) is 11.4 Å². The van der Waals surface area contributed by atoms with Crippen molar-refractivity contribution >= 4 is 5.91 Å². The maximum Gasteiger partial charge on any atom is 0.234 e. The fourth-order valence-corrected chi connectivity index (χ4v) is 7.12. The van der Waals surface area contributed by atoms with E-state index in [0.29, 0.717) is 12.6 Å². The normalized spacial score (nSPS) is 37.6. The number of rotatable bonds is 4. The summed E-state index contributed by atoms with van der Waals surface area (Å²) in [5, 5.41) is 3.54. The standard InChI is InChI=1S/C23H32N2O/c1-25(21-8-4-6-19-5-2-3-7-20(19)21)15-22(26)24-23-12-16-9-17(13-23)11-18(10-16)14-23/h2-3,5,7,16-18,21H,4,6,8-15H2,1H3,(H,24,26)/t16?,17?,18?,21-,23?/m1/s1. The zero-order valence-electron chi connectivity index (χ0n) is 16.0. The van der Waals surface area contributed by atoms with Crippen molar-refractivity contribution in [2.24, 2.45) is 17.8 Å². The lowest BCUT2D eigenvalue weighted by atomic mass is 9.53. The Labute approximate surface area is 157 Å². The molecule has 26 heavy (non-hydrogen) atoms. The molecule has 1 aromatic carbocycles. The summed E-state index contributed by atoms with van der Waals surface area (Å²) in [5.74, 6) is 2.89. The van der Waals surface area contributed by atoms with E-state index in [0.717, 1.165) is 24.2 Å². The lowest BCUT2D eigenvalue weighted by Gasteiger charge is -2.57. The predicted octanol–water partition coefficient (Wildman–Crippen LogP) is 4.08. The third-order valence-electron chi connectivity index (χ3n) is 7.71. The minimum atomic E-state index is 0.136. The van der Waals surface area contributed by atoms with E-state index in [4.69, 9.17) is 0 Å². The molecule has 4 bridgehead atoms. The first kappa shape index (κ1) is 16.8. The molecule has 4 fully saturated rings. The lowest BCUT2D eigenvalue weighted by molar-refractivity contribution is -0.128. The van der Waals surface area contributed by atoms with Crippen LogP contribution in [-0.4, -0.2) is 29.9 Å². The summed E-state index contributed by atoms with van der Waals surface area (Å²) in [5.41, 5.74) is 3.04. The van der Waals surface area contributed by atoms with Crippen molar-refractivity contribution in [3.63, 3.8) is 0 Å². The molecular weight excluding hydrogens is 320 g/mol. The first-order valence-electron chi connectivity index (χ1n) is 10.7. The van der Waals surface area contributed by atoms with E-state index < -0.39 is 0 Å². The van der Waals surface area contributed by atoms with E-state index in [1.807, 2.05) is 0 Å². The molecule has 5 aliphatic rings. The van der Waals surface area contributed by atoms with Crippen molar-refractivity contribution in [1.29, 1.82) is 0 Å². The van der Waals surface area contributed by atoms with Crippen molar-refractivity contribution in [3.05, 3.63) is 35.4 Å². The SMILES string of the molecule is CN(CC(=O)NC12CC3CC(CC(C3)C1)C2)[C@@H]1CCCc2ccccc21. The van der Waals surface area contributed by atoms with Gasteiger partial charge in [-0.1, -0.05) is 24.3 Å². The Hall–Kier alpha value is -1.35. The minimum Gasteiger partial charge on any atom is -0.350 e. The quantitative estimate of drug-likeness (QED) is 0.885. The van der Waals surface area contributed by atoms with Crippen molar-refractivity contribution in [2.45, 2.75) is 69.4 Å². The Morgan fingerprint density at radius 1 is 1.12 bits per heavy atom. The van der Waals surface area contributed by atoms with Crippen LogP contribution < -0.4 is 5.32 Å². The Balaban J connectivity index is 1.25. The number of carbonyl (C=O) groups excluding carboxylic acids is 1. The van der Waals surface area contributed by atoms with Gasteiger partial charge in [0.05, 0.1) is 6.54 Å². The van der Waals surface area contributed by atoms with Gasteiger partial charge < -0.3 is 5.32 Å². The summed E-state index contributed by atoms with van der Waals surface area (Å²) in [6.45, 7) is 0.529. The molecule has 6 rings (SSSR count). The van der Waals surface area contributed by atoms with Gasteiger partial charge >= 0.3 is 0 Å². The summed E-state index contributed by atoms with van der Waals surface area (Å²) < 4.78 is 0. The first-order valence-corrected chi connectivity index (χ1v) is 10.7. The van der Waals surface area contributed by atoms with Gasteiger partial charge in [-0.05, 0) is 93.7 Å². The van der Waals surface area contributed by atoms with Gasteiger partial charge in [-0.3, -0.25) is 9.69 Å². The molecule has 1 amide bonds. The zero-order chi connectivity index (χ0) is 17.7. The van der Waals surface area contributed by atoms with Gasteiger partial charge in [-0.15, -0.1) is 0 Å². The molecule has 0 aliphatic heterocycles. The van der Waals surface area contributed by atoms with Crippen LogP contribution in [0.3, 0.4) is 0 Å². The van der Waals surface area contributed by atoms with E-state index in [1.165, 1.54) is 62.5 Å². The highest BCUT2D eigenvalue weighted by molar-refractivity contribution is 5.79. The highest BCUT2D eigenvalue weighted by Crippen LogP contribution is 2.55. The van der Waals surface area contributed by atoms with Crippen LogP contribution in [0.5, 0.6) is 0 Å². The Morgan fingerprint density at radius 3 is 2.46 bits per heavy atom. The molecule has 0 unspecified atom stereocenters. The molecule has 5 aliphatic carbocycles. The number of amides is 1. The zero-order valence-corrected chi connectivity index (χ0v) is 16.0. The van der Waals surface area contributed by atoms with Crippen LogP contribution in [-0.2, 0) is 11.2 Å². The predicted molar refractivity (Wildman–Crippen MR) is 104 cm³/mol. The summed E-state index contributed by atoms with van der Waals surface area (Å²) in [6.07, 6.45) is 11.6. The number of aryl methyl sites for hydroxylation is 1. The average Bonchev–Trinajstić information content (AvgIpc) is 2.59. The van der Waals surface area contributed by atoms with Crippen molar-refractivity contribution in [1.82, 2.24) is 10.2 Å². The highest BCUT2D eigenvalue weighted by Gasteiger charge is 2.51. The summed E-state index contributed by atoms with van der Waals surface area (Å²) in [7, 11) is 2.13. The molecule has 0 aromatic heterocycles. The number of likely N-dealkylation sites (N-methyl/N-ethyl adjacent to an activating group) is 1. The second-order valence-electron chi connectivity index (χ2n) is 9.77. The molecule has 0 spiro atoms. The number of hydrogen-bond donors (Lipinski definition) is 1. The number of nitrogens with one attached hydrogen (secondary N) is 1. The van der Waals surface area contributed by atoms with Crippen molar-refractivity contribution in [2.75, 3.05) is 13.6 Å². The van der Waals surface area contributed by atoms with Crippen molar-refractivity contribution < 1.29 is 4.79 Å². The topological polar surface area (TPSA) is 32.3 Å². The smallest absolute Gasteiger partial charge is 0.234 e. The number of fused-ring (bicyclic) bond motifs is 1. The van der Waals surface area contributed by atoms with Crippen LogP contribution in [0.1, 0.15) is 68.5 Å². The van der Waals surface area contributed by atoms with Crippen molar-refractivity contribution in [3.8, 4) is 0 Å². The third kappa shape index (κ3) is 2.98. The third-order valence-corrected chi connectivity index (χ3v) is 7.71. The molecule has 0 heterocycles. The summed E-state index contributed by atoms with van der Waals surface area (Å²) in [4.78, 5) is 15.2. The maximum atomic E-state index is 12.9. The Bertz CT molecular complexity index is 662. The maximum absolute atomic E-state index is 12.9. The summed E-state index contributed by atoms with van der Waals surface area (Å²) in [6, 6.07) is 9.18. The van der Waals surface area contributed by atoms with Gasteiger partial charge in [0.25, 0.3) is 0 Å². The van der Waals surface area contributed by atoms with Crippen LogP contribution in [0, 0.1) is 17.8 Å².